The van der Waals surface area contributed by atoms with Gasteiger partial charge in [0.05, 0.1) is 7.11 Å². The number of hydrogen-bond acceptors (Lipinski definition) is 5. The molecule has 0 unspecified atom stereocenters. The summed E-state index contributed by atoms with van der Waals surface area (Å²) in [5.41, 5.74) is -0.122. The molecular weight excluding hydrogens is 300 g/mol. The van der Waals surface area contributed by atoms with Gasteiger partial charge in [0.1, 0.15) is 16.6 Å². The van der Waals surface area contributed by atoms with Crippen molar-refractivity contribution in [1.29, 1.82) is 0 Å². The number of carboxylic acids is 1. The molecule has 2 N–H and O–H groups in total. The molecule has 0 aliphatic rings. The van der Waals surface area contributed by atoms with Crippen LogP contribution in [-0.4, -0.2) is 43.2 Å². The summed E-state index contributed by atoms with van der Waals surface area (Å²) >= 11 is 0. The van der Waals surface area contributed by atoms with E-state index in [-0.39, 0.29) is 10.6 Å². The number of aromatic carboxylic acids is 1. The molecule has 0 saturated carbocycles. The highest BCUT2D eigenvalue weighted by Gasteiger charge is 2.25. The molecule has 21 heavy (non-hydrogen) atoms. The average molecular weight is 318 g/mol. The van der Waals surface area contributed by atoms with Gasteiger partial charge in [0.25, 0.3) is 0 Å². The summed E-state index contributed by atoms with van der Waals surface area (Å²) in [5.74, 6) is -1.95. The maximum absolute atomic E-state index is 12.1. The summed E-state index contributed by atoms with van der Waals surface area (Å²) in [6, 6.07) is -0.00700. The molecule has 0 spiro atoms. The van der Waals surface area contributed by atoms with Crippen molar-refractivity contribution in [2.24, 2.45) is 0 Å². The first-order valence-corrected chi connectivity index (χ1v) is 7.74. The van der Waals surface area contributed by atoms with Crippen molar-refractivity contribution in [2.75, 3.05) is 7.11 Å². The molecule has 1 aromatic rings. The van der Waals surface area contributed by atoms with Crippen molar-refractivity contribution in [2.45, 2.75) is 37.8 Å². The second-order valence-corrected chi connectivity index (χ2v) is 6.14. The van der Waals surface area contributed by atoms with Gasteiger partial charge in [0.2, 0.25) is 10.0 Å². The third-order valence-corrected chi connectivity index (χ3v) is 4.26. The Hall–Kier alpha value is -1.87. The van der Waals surface area contributed by atoms with Gasteiger partial charge in [0, 0.05) is 12.7 Å². The SMILES string of the molecule is CCCn1cc(S(=O)(=O)N[C@@H](C)C(=O)OC)cc1C(=O)O. The molecule has 0 amide bonds. The molecule has 9 heteroatoms. The smallest absolute Gasteiger partial charge is 0.352 e. The zero-order chi connectivity index (χ0) is 16.2. The predicted molar refractivity (Wildman–Crippen MR) is 73.5 cm³/mol. The van der Waals surface area contributed by atoms with Gasteiger partial charge in [-0.05, 0) is 19.4 Å². The first-order chi connectivity index (χ1) is 9.72. The third-order valence-electron chi connectivity index (χ3n) is 2.75. The summed E-state index contributed by atoms with van der Waals surface area (Å²) in [4.78, 5) is 22.2. The van der Waals surface area contributed by atoms with Gasteiger partial charge < -0.3 is 14.4 Å². The van der Waals surface area contributed by atoms with Gasteiger partial charge in [-0.1, -0.05) is 6.92 Å². The molecule has 1 heterocycles. The standard InChI is InChI=1S/C12H18N2O6S/c1-4-5-14-7-9(6-10(14)11(15)16)21(18,19)13-8(2)12(17)20-3/h6-8,13H,4-5H2,1-3H3,(H,15,16)/t8-/m0/s1. The number of rotatable bonds is 7. The molecule has 1 atom stereocenters. The predicted octanol–water partition coefficient (Wildman–Crippen LogP) is 0.436. The van der Waals surface area contributed by atoms with Gasteiger partial charge in [-0.3, -0.25) is 4.79 Å². The van der Waals surface area contributed by atoms with E-state index >= 15 is 0 Å². The molecule has 0 saturated heterocycles. The van der Waals surface area contributed by atoms with Gasteiger partial charge in [-0.2, -0.15) is 4.72 Å². The van der Waals surface area contributed by atoms with Crippen LogP contribution in [0.4, 0.5) is 0 Å². The number of carbonyl (C=O) groups is 2. The van der Waals surface area contributed by atoms with E-state index in [1.54, 1.807) is 0 Å². The van der Waals surface area contributed by atoms with Crippen molar-refractivity contribution in [3.63, 3.8) is 0 Å². The summed E-state index contributed by atoms with van der Waals surface area (Å²) < 4.78 is 32.2. The lowest BCUT2D eigenvalue weighted by Gasteiger charge is -2.10. The van der Waals surface area contributed by atoms with Crippen LogP contribution in [0.2, 0.25) is 0 Å². The summed E-state index contributed by atoms with van der Waals surface area (Å²) in [7, 11) is -2.86. The Balaban J connectivity index is 3.11. The topological polar surface area (TPSA) is 115 Å². The van der Waals surface area contributed by atoms with Crippen LogP contribution < -0.4 is 4.72 Å². The fourth-order valence-corrected chi connectivity index (χ4v) is 2.99. The van der Waals surface area contributed by atoms with Crippen LogP contribution in [0.3, 0.4) is 0 Å². The quantitative estimate of drug-likeness (QED) is 0.705. The van der Waals surface area contributed by atoms with E-state index < -0.39 is 28.0 Å². The fraction of sp³-hybridized carbons (Fsp3) is 0.500. The number of aromatic nitrogens is 1. The minimum Gasteiger partial charge on any atom is -0.477 e. The van der Waals surface area contributed by atoms with E-state index in [4.69, 9.17) is 5.11 Å². The average Bonchev–Trinajstić information content (AvgIpc) is 2.82. The Labute approximate surface area is 122 Å². The van der Waals surface area contributed by atoms with E-state index in [9.17, 15) is 18.0 Å². The Morgan fingerprint density at radius 3 is 2.57 bits per heavy atom. The number of esters is 1. The van der Waals surface area contributed by atoms with E-state index in [2.05, 4.69) is 9.46 Å². The Morgan fingerprint density at radius 2 is 2.10 bits per heavy atom. The highest BCUT2D eigenvalue weighted by Crippen LogP contribution is 2.16. The van der Waals surface area contributed by atoms with Gasteiger partial charge in [-0.25, -0.2) is 13.2 Å². The van der Waals surface area contributed by atoms with Crippen LogP contribution in [0.15, 0.2) is 17.2 Å². The van der Waals surface area contributed by atoms with Crippen LogP contribution >= 0.6 is 0 Å². The highest BCUT2D eigenvalue weighted by atomic mass is 32.2. The third kappa shape index (κ3) is 4.05. The van der Waals surface area contributed by atoms with Crippen molar-refractivity contribution in [1.82, 2.24) is 9.29 Å². The number of hydrogen-bond donors (Lipinski definition) is 2. The number of sulfonamides is 1. The van der Waals surface area contributed by atoms with Gasteiger partial charge in [0.15, 0.2) is 0 Å². The minimum absolute atomic E-state index is 0.122. The molecule has 1 aromatic heterocycles. The monoisotopic (exact) mass is 318 g/mol. The normalized spacial score (nSPS) is 12.9. The Bertz CT molecular complexity index is 634. The number of nitrogens with one attached hydrogen (secondary N) is 1. The second kappa shape index (κ2) is 6.72. The summed E-state index contributed by atoms with van der Waals surface area (Å²) in [6.45, 7) is 3.56. The zero-order valence-corrected chi connectivity index (χ0v) is 12.8. The molecule has 0 radical (unpaired) electrons. The molecule has 0 fully saturated rings. The van der Waals surface area contributed by atoms with Crippen molar-refractivity contribution >= 4 is 22.0 Å². The molecule has 0 bridgehead atoms. The van der Waals surface area contributed by atoms with Crippen LogP contribution in [-0.2, 0) is 26.1 Å². The number of methoxy groups -OCH3 is 1. The number of aryl methyl sites for hydroxylation is 1. The van der Waals surface area contributed by atoms with Crippen molar-refractivity contribution in [3.05, 3.63) is 18.0 Å². The molecule has 1 rings (SSSR count). The van der Waals surface area contributed by atoms with Crippen LogP contribution in [0.1, 0.15) is 30.8 Å². The number of carbonyl (C=O) groups excluding carboxylic acids is 1. The molecule has 8 nitrogen and oxygen atoms in total. The molecular formula is C12H18N2O6S. The minimum atomic E-state index is -4.00. The Kier molecular flexibility index (Phi) is 5.50. The maximum Gasteiger partial charge on any atom is 0.352 e. The molecule has 118 valence electrons. The van der Waals surface area contributed by atoms with E-state index in [0.717, 1.165) is 13.2 Å². The molecule has 0 aromatic carbocycles. The fourth-order valence-electron chi connectivity index (χ4n) is 1.76. The molecule has 0 aliphatic carbocycles. The molecule has 0 aliphatic heterocycles. The second-order valence-electron chi connectivity index (χ2n) is 4.43. The lowest BCUT2D eigenvalue weighted by atomic mass is 10.4. The first-order valence-electron chi connectivity index (χ1n) is 6.26. The van der Waals surface area contributed by atoms with Crippen LogP contribution in [0.5, 0.6) is 0 Å². The highest BCUT2D eigenvalue weighted by molar-refractivity contribution is 7.89. The first kappa shape index (κ1) is 17.2. The maximum atomic E-state index is 12.1. The zero-order valence-electron chi connectivity index (χ0n) is 12.0. The van der Waals surface area contributed by atoms with Crippen LogP contribution in [0.25, 0.3) is 0 Å². The Morgan fingerprint density at radius 1 is 1.48 bits per heavy atom. The van der Waals surface area contributed by atoms with E-state index in [1.807, 2.05) is 6.92 Å². The van der Waals surface area contributed by atoms with E-state index in [1.165, 1.54) is 17.7 Å². The summed E-state index contributed by atoms with van der Waals surface area (Å²) in [5, 5.41) is 9.07. The van der Waals surface area contributed by atoms with Gasteiger partial charge in [-0.15, -0.1) is 0 Å². The van der Waals surface area contributed by atoms with Gasteiger partial charge >= 0.3 is 11.9 Å². The number of ether oxygens (including phenoxy) is 1. The largest absolute Gasteiger partial charge is 0.477 e. The number of carboxylic acid groups (broad SMARTS) is 1. The van der Waals surface area contributed by atoms with Crippen molar-refractivity contribution < 1.29 is 27.9 Å². The summed E-state index contributed by atoms with van der Waals surface area (Å²) in [6.07, 6.45) is 1.89. The van der Waals surface area contributed by atoms with E-state index in [0.29, 0.717) is 13.0 Å². The lowest BCUT2D eigenvalue weighted by molar-refractivity contribution is -0.142. The lowest BCUT2D eigenvalue weighted by Crippen LogP contribution is -2.38. The number of nitrogens with zero attached hydrogens (tertiary/aromatic N) is 1. The van der Waals surface area contributed by atoms with Crippen molar-refractivity contribution in [3.8, 4) is 0 Å². The van der Waals surface area contributed by atoms with Crippen LogP contribution in [0, 0.1) is 0 Å².